The van der Waals surface area contributed by atoms with Gasteiger partial charge in [0.05, 0.1) is 41.8 Å². The van der Waals surface area contributed by atoms with E-state index < -0.39 is 0 Å². The number of nitrogens with one attached hydrogen (secondary N) is 2. The zero-order valence-electron chi connectivity index (χ0n) is 19.6. The molecular formula is C28H27N5O2. The summed E-state index contributed by atoms with van der Waals surface area (Å²) in [6, 6.07) is 10.6. The van der Waals surface area contributed by atoms with E-state index in [1.165, 1.54) is 5.56 Å². The van der Waals surface area contributed by atoms with Crippen molar-refractivity contribution in [2.45, 2.75) is 37.6 Å². The molecule has 1 saturated carbocycles. The summed E-state index contributed by atoms with van der Waals surface area (Å²) in [5, 5.41) is 13.0. The Morgan fingerprint density at radius 3 is 2.83 bits per heavy atom. The Morgan fingerprint density at radius 2 is 2.03 bits per heavy atom. The van der Waals surface area contributed by atoms with Crippen LogP contribution in [0.2, 0.25) is 0 Å². The van der Waals surface area contributed by atoms with E-state index in [9.17, 15) is 10.1 Å². The summed E-state index contributed by atoms with van der Waals surface area (Å²) in [5.41, 5.74) is 10.2. The number of benzene rings is 1. The van der Waals surface area contributed by atoms with Gasteiger partial charge in [0.1, 0.15) is 0 Å². The van der Waals surface area contributed by atoms with Gasteiger partial charge < -0.3 is 15.0 Å². The highest BCUT2D eigenvalue weighted by Gasteiger charge is 2.51. The third-order valence-electron chi connectivity index (χ3n) is 8.23. The monoisotopic (exact) mass is 465 g/mol. The standard InChI is InChI=1S/C28H27N5O2/c29-13-20-11-17(1-2-19(20)15-33-7-9-35-10-8-33)23-12-22-18(14-30-23)3-4-21-24-26(32-25(21)22)28(5-6-28)16-31-27(24)34/h1-2,11-12,14,32H,3-10,15-16H2,(H,31,34). The predicted molar refractivity (Wildman–Crippen MR) is 131 cm³/mol. The second-order valence-corrected chi connectivity index (χ2v) is 10.3. The van der Waals surface area contributed by atoms with Crippen molar-refractivity contribution in [3.8, 4) is 28.6 Å². The number of fused-ring (bicyclic) bond motifs is 6. The average molecular weight is 466 g/mol. The number of aromatic amines is 1. The largest absolute Gasteiger partial charge is 0.379 e. The van der Waals surface area contributed by atoms with Crippen LogP contribution in [0.15, 0.2) is 30.5 Å². The van der Waals surface area contributed by atoms with Crippen molar-refractivity contribution >= 4 is 5.91 Å². The molecular weight excluding hydrogens is 438 g/mol. The number of hydrogen-bond acceptors (Lipinski definition) is 5. The lowest BCUT2D eigenvalue weighted by molar-refractivity contribution is 0.0341. The van der Waals surface area contributed by atoms with Gasteiger partial charge in [-0.25, -0.2) is 0 Å². The summed E-state index contributed by atoms with van der Waals surface area (Å²) in [6.45, 7) is 4.76. The van der Waals surface area contributed by atoms with Crippen LogP contribution in [-0.4, -0.2) is 53.6 Å². The first kappa shape index (κ1) is 20.9. The fourth-order valence-electron chi connectivity index (χ4n) is 5.98. The molecule has 176 valence electrons. The van der Waals surface area contributed by atoms with E-state index in [-0.39, 0.29) is 11.3 Å². The lowest BCUT2D eigenvalue weighted by Crippen LogP contribution is -2.39. The van der Waals surface area contributed by atoms with Crippen LogP contribution in [0.25, 0.3) is 22.5 Å². The molecule has 35 heavy (non-hydrogen) atoms. The summed E-state index contributed by atoms with van der Waals surface area (Å²) in [7, 11) is 0. The van der Waals surface area contributed by atoms with Gasteiger partial charge in [0, 0.05) is 54.6 Å². The Kier molecular flexibility index (Phi) is 4.63. The van der Waals surface area contributed by atoms with Crippen molar-refractivity contribution in [1.29, 1.82) is 5.26 Å². The quantitative estimate of drug-likeness (QED) is 0.619. The van der Waals surface area contributed by atoms with Gasteiger partial charge in [-0.1, -0.05) is 12.1 Å². The molecule has 4 aliphatic rings. The summed E-state index contributed by atoms with van der Waals surface area (Å²) < 4.78 is 5.45. The van der Waals surface area contributed by atoms with E-state index in [1.807, 2.05) is 12.3 Å². The van der Waals surface area contributed by atoms with Crippen LogP contribution >= 0.6 is 0 Å². The molecule has 0 radical (unpaired) electrons. The molecule has 0 atom stereocenters. The first-order chi connectivity index (χ1) is 17.1. The summed E-state index contributed by atoms with van der Waals surface area (Å²) in [5.74, 6) is 0.0577. The minimum atomic E-state index is 0.0577. The molecule has 2 N–H and O–H groups in total. The third-order valence-corrected chi connectivity index (χ3v) is 8.23. The highest BCUT2D eigenvalue weighted by atomic mass is 16.5. The second-order valence-electron chi connectivity index (χ2n) is 10.3. The number of carbonyl (C=O) groups is 1. The number of carbonyl (C=O) groups excluding carboxylic acids is 1. The number of amides is 1. The topological polar surface area (TPSA) is 94.0 Å². The van der Waals surface area contributed by atoms with Gasteiger partial charge in [-0.05, 0) is 54.5 Å². The van der Waals surface area contributed by atoms with E-state index in [0.717, 1.165) is 110 Å². The molecule has 2 aliphatic carbocycles. The zero-order chi connectivity index (χ0) is 23.6. The summed E-state index contributed by atoms with van der Waals surface area (Å²) in [4.78, 5) is 23.6. The van der Waals surface area contributed by atoms with Crippen molar-refractivity contribution in [2.24, 2.45) is 0 Å². The van der Waals surface area contributed by atoms with Crippen LogP contribution in [0.3, 0.4) is 0 Å². The van der Waals surface area contributed by atoms with Crippen molar-refractivity contribution in [1.82, 2.24) is 20.2 Å². The average Bonchev–Trinajstić information content (AvgIpc) is 3.56. The lowest BCUT2D eigenvalue weighted by Gasteiger charge is -2.27. The number of pyridine rings is 1. The van der Waals surface area contributed by atoms with E-state index in [1.54, 1.807) is 0 Å². The molecule has 1 amide bonds. The minimum absolute atomic E-state index is 0.0577. The van der Waals surface area contributed by atoms with Crippen LogP contribution in [0.1, 0.15) is 51.1 Å². The lowest BCUT2D eigenvalue weighted by atomic mass is 9.86. The van der Waals surface area contributed by atoms with Gasteiger partial charge in [0.2, 0.25) is 0 Å². The van der Waals surface area contributed by atoms with E-state index in [2.05, 4.69) is 39.5 Å². The van der Waals surface area contributed by atoms with Crippen molar-refractivity contribution in [3.63, 3.8) is 0 Å². The fourth-order valence-corrected chi connectivity index (χ4v) is 5.98. The predicted octanol–water partition coefficient (Wildman–Crippen LogP) is 3.32. The molecule has 2 fully saturated rings. The Morgan fingerprint density at radius 1 is 1.17 bits per heavy atom. The third kappa shape index (κ3) is 3.32. The molecule has 7 rings (SSSR count). The number of nitriles is 1. The number of morpholine rings is 1. The number of nitrogens with zero attached hydrogens (tertiary/aromatic N) is 3. The smallest absolute Gasteiger partial charge is 0.253 e. The number of hydrogen-bond donors (Lipinski definition) is 2. The van der Waals surface area contributed by atoms with E-state index >= 15 is 0 Å². The van der Waals surface area contributed by atoms with Crippen molar-refractivity contribution < 1.29 is 9.53 Å². The Balaban J connectivity index is 1.26. The Labute approximate surface area is 204 Å². The van der Waals surface area contributed by atoms with Crippen LogP contribution in [0.4, 0.5) is 0 Å². The van der Waals surface area contributed by atoms with Crippen LogP contribution < -0.4 is 5.32 Å². The van der Waals surface area contributed by atoms with Crippen LogP contribution in [0.5, 0.6) is 0 Å². The number of H-pyrrole nitrogens is 1. The number of rotatable bonds is 3. The molecule has 2 aliphatic heterocycles. The fraction of sp³-hybridized carbons (Fsp3) is 0.393. The van der Waals surface area contributed by atoms with E-state index in [4.69, 9.17) is 9.72 Å². The maximum absolute atomic E-state index is 12.8. The van der Waals surface area contributed by atoms with Gasteiger partial charge in [-0.3, -0.25) is 14.7 Å². The maximum Gasteiger partial charge on any atom is 0.253 e. The zero-order valence-corrected chi connectivity index (χ0v) is 19.6. The first-order valence-electron chi connectivity index (χ1n) is 12.5. The molecule has 1 spiro atoms. The molecule has 0 unspecified atom stereocenters. The maximum atomic E-state index is 12.8. The number of aromatic nitrogens is 2. The molecule has 2 aromatic heterocycles. The van der Waals surface area contributed by atoms with Gasteiger partial charge in [0.25, 0.3) is 5.91 Å². The Hall–Kier alpha value is -3.47. The number of ether oxygens (including phenoxy) is 1. The van der Waals surface area contributed by atoms with Gasteiger partial charge in [-0.15, -0.1) is 0 Å². The normalized spacial score (nSPS) is 19.9. The van der Waals surface area contributed by atoms with Crippen LogP contribution in [-0.2, 0) is 29.5 Å². The Bertz CT molecular complexity index is 1410. The second kappa shape index (κ2) is 7.77. The van der Waals surface area contributed by atoms with Crippen molar-refractivity contribution in [3.05, 3.63) is 64.0 Å². The molecule has 1 saturated heterocycles. The minimum Gasteiger partial charge on any atom is -0.379 e. The van der Waals surface area contributed by atoms with Crippen molar-refractivity contribution in [2.75, 3.05) is 32.8 Å². The molecule has 0 bridgehead atoms. The molecule has 4 heterocycles. The molecule has 7 heteroatoms. The molecule has 3 aromatic rings. The van der Waals surface area contributed by atoms with Crippen LogP contribution in [0, 0.1) is 11.3 Å². The van der Waals surface area contributed by atoms with Gasteiger partial charge >= 0.3 is 0 Å². The molecule has 7 nitrogen and oxygen atoms in total. The highest BCUT2D eigenvalue weighted by molar-refractivity contribution is 6.01. The number of aryl methyl sites for hydroxylation is 1. The summed E-state index contributed by atoms with van der Waals surface area (Å²) >= 11 is 0. The van der Waals surface area contributed by atoms with Gasteiger partial charge in [-0.2, -0.15) is 5.26 Å². The van der Waals surface area contributed by atoms with E-state index in [0.29, 0.717) is 5.56 Å². The first-order valence-corrected chi connectivity index (χ1v) is 12.5. The summed E-state index contributed by atoms with van der Waals surface area (Å²) in [6.07, 6.45) is 5.95. The van der Waals surface area contributed by atoms with Gasteiger partial charge in [0.15, 0.2) is 0 Å². The highest BCUT2D eigenvalue weighted by Crippen LogP contribution is 2.52. The molecule has 1 aromatic carbocycles. The SMILES string of the molecule is N#Cc1cc(-c2cc3c(cn2)CCc2c-3[nH]c3c2C(=O)NCC32CC2)ccc1CN1CCOCC1.